The highest BCUT2D eigenvalue weighted by molar-refractivity contribution is 5.81. The molecule has 2 heterocycles. The highest BCUT2D eigenvalue weighted by Gasteiger charge is 2.27. The van der Waals surface area contributed by atoms with E-state index in [0.29, 0.717) is 6.04 Å². The molecule has 6 heteroatoms. The zero-order chi connectivity index (χ0) is 18.9. The van der Waals surface area contributed by atoms with Crippen LogP contribution in [-0.2, 0) is 4.79 Å². The van der Waals surface area contributed by atoms with Gasteiger partial charge in [0.2, 0.25) is 5.91 Å². The summed E-state index contributed by atoms with van der Waals surface area (Å²) in [5.74, 6) is 2.05. The van der Waals surface area contributed by atoms with Crippen molar-refractivity contribution in [1.29, 1.82) is 0 Å². The van der Waals surface area contributed by atoms with Gasteiger partial charge >= 0.3 is 0 Å². The fraction of sp³-hybridized carbons (Fsp3) is 0.900. The summed E-state index contributed by atoms with van der Waals surface area (Å²) < 4.78 is 0. The Hall–Kier alpha value is -1.30. The Morgan fingerprint density at radius 3 is 2.69 bits per heavy atom. The molecule has 26 heavy (non-hydrogen) atoms. The Bertz CT molecular complexity index is 465. The van der Waals surface area contributed by atoms with Crippen molar-refractivity contribution in [2.45, 2.75) is 58.9 Å². The van der Waals surface area contributed by atoms with Gasteiger partial charge in [-0.15, -0.1) is 0 Å². The molecule has 2 aliphatic heterocycles. The van der Waals surface area contributed by atoms with Gasteiger partial charge in [-0.05, 0) is 51.1 Å². The van der Waals surface area contributed by atoms with Crippen LogP contribution < -0.4 is 10.6 Å². The summed E-state index contributed by atoms with van der Waals surface area (Å²) in [5, 5.41) is 6.90. The number of rotatable bonds is 7. The summed E-state index contributed by atoms with van der Waals surface area (Å²) in [6.45, 7) is 12.6. The predicted molar refractivity (Wildman–Crippen MR) is 108 cm³/mol. The van der Waals surface area contributed by atoms with Crippen LogP contribution in [0.2, 0.25) is 0 Å². The molecule has 1 amide bonds. The second-order valence-corrected chi connectivity index (χ2v) is 8.32. The van der Waals surface area contributed by atoms with E-state index in [-0.39, 0.29) is 11.8 Å². The maximum Gasteiger partial charge on any atom is 0.225 e. The van der Waals surface area contributed by atoms with Gasteiger partial charge in [0.1, 0.15) is 0 Å². The lowest BCUT2D eigenvalue weighted by atomic mass is 10.0. The van der Waals surface area contributed by atoms with Crippen molar-refractivity contribution in [1.82, 2.24) is 20.4 Å². The van der Waals surface area contributed by atoms with Gasteiger partial charge in [0, 0.05) is 45.2 Å². The minimum Gasteiger partial charge on any atom is -0.356 e. The van der Waals surface area contributed by atoms with Crippen LogP contribution in [0.3, 0.4) is 0 Å². The molecule has 0 aromatic carbocycles. The minimum atomic E-state index is 0.0779. The number of aliphatic imine (C=N–C) groups is 1. The molecular formula is C20H39N5O. The average molecular weight is 366 g/mol. The normalized spacial score (nSPS) is 25.0. The zero-order valence-electron chi connectivity index (χ0n) is 17.3. The summed E-state index contributed by atoms with van der Waals surface area (Å²) in [6, 6.07) is 0.304. The van der Waals surface area contributed by atoms with Gasteiger partial charge in [0.15, 0.2) is 5.96 Å². The lowest BCUT2D eigenvalue weighted by Gasteiger charge is -2.30. The smallest absolute Gasteiger partial charge is 0.225 e. The Morgan fingerprint density at radius 2 is 2.00 bits per heavy atom. The third-order valence-corrected chi connectivity index (χ3v) is 5.49. The molecule has 0 spiro atoms. The largest absolute Gasteiger partial charge is 0.356 e. The maximum atomic E-state index is 12.1. The van der Waals surface area contributed by atoms with Crippen molar-refractivity contribution in [3.8, 4) is 0 Å². The number of carbonyl (C=O) groups excluding carboxylic acids is 1. The molecule has 2 unspecified atom stereocenters. The van der Waals surface area contributed by atoms with Crippen LogP contribution in [-0.4, -0.2) is 74.0 Å². The molecule has 150 valence electrons. The van der Waals surface area contributed by atoms with Gasteiger partial charge in [-0.3, -0.25) is 9.79 Å². The zero-order valence-corrected chi connectivity index (χ0v) is 17.3. The molecule has 0 aromatic heterocycles. The third kappa shape index (κ3) is 6.78. The number of hydrogen-bond acceptors (Lipinski definition) is 3. The third-order valence-electron chi connectivity index (χ3n) is 5.49. The summed E-state index contributed by atoms with van der Waals surface area (Å²) >= 11 is 0. The van der Waals surface area contributed by atoms with E-state index < -0.39 is 0 Å². The molecule has 2 rings (SSSR count). The first-order valence-electron chi connectivity index (χ1n) is 10.5. The van der Waals surface area contributed by atoms with Crippen molar-refractivity contribution < 1.29 is 4.79 Å². The molecular weight excluding hydrogens is 326 g/mol. The van der Waals surface area contributed by atoms with E-state index in [2.05, 4.69) is 27.4 Å². The number of unbranched alkanes of at least 4 members (excludes halogenated alkanes) is 1. The molecule has 0 radical (unpaired) electrons. The molecule has 6 nitrogen and oxygen atoms in total. The molecule has 2 fully saturated rings. The number of nitrogens with zero attached hydrogens (tertiary/aromatic N) is 3. The van der Waals surface area contributed by atoms with Gasteiger partial charge in [-0.1, -0.05) is 20.8 Å². The van der Waals surface area contributed by atoms with Crippen LogP contribution in [0.25, 0.3) is 0 Å². The van der Waals surface area contributed by atoms with Gasteiger partial charge in [0.25, 0.3) is 0 Å². The van der Waals surface area contributed by atoms with Gasteiger partial charge < -0.3 is 20.4 Å². The lowest BCUT2D eigenvalue weighted by molar-refractivity contribution is -0.133. The van der Waals surface area contributed by atoms with Crippen molar-refractivity contribution >= 4 is 11.9 Å². The standard InChI is InChI=1S/C20H39N5O/c1-16(2)19(26)25-13-9-18(15-25)23-20(21-4)22-10-5-6-11-24-12-7-8-17(3)14-24/h16-18H,5-15H2,1-4H3,(H2,21,22,23). The Labute approximate surface area is 159 Å². The van der Waals surface area contributed by atoms with E-state index in [0.717, 1.165) is 44.4 Å². The van der Waals surface area contributed by atoms with E-state index in [4.69, 9.17) is 0 Å². The number of hydrogen-bond donors (Lipinski definition) is 2. The van der Waals surface area contributed by atoms with Gasteiger partial charge in [-0.25, -0.2) is 0 Å². The maximum absolute atomic E-state index is 12.1. The summed E-state index contributed by atoms with van der Waals surface area (Å²) in [4.78, 5) is 21.0. The molecule has 2 aliphatic rings. The van der Waals surface area contributed by atoms with Gasteiger partial charge in [-0.2, -0.15) is 0 Å². The number of guanidine groups is 1. The van der Waals surface area contributed by atoms with Crippen LogP contribution in [0.1, 0.15) is 52.9 Å². The van der Waals surface area contributed by atoms with Crippen LogP contribution in [0.15, 0.2) is 4.99 Å². The highest BCUT2D eigenvalue weighted by atomic mass is 16.2. The monoisotopic (exact) mass is 365 g/mol. The van der Waals surface area contributed by atoms with E-state index in [1.807, 2.05) is 25.8 Å². The van der Waals surface area contributed by atoms with Crippen molar-refractivity contribution in [3.63, 3.8) is 0 Å². The first-order chi connectivity index (χ1) is 12.5. The summed E-state index contributed by atoms with van der Waals surface area (Å²) in [7, 11) is 1.82. The number of amides is 1. The van der Waals surface area contributed by atoms with Crippen molar-refractivity contribution in [3.05, 3.63) is 0 Å². The van der Waals surface area contributed by atoms with E-state index in [9.17, 15) is 4.79 Å². The first-order valence-corrected chi connectivity index (χ1v) is 10.5. The fourth-order valence-electron chi connectivity index (χ4n) is 3.99. The summed E-state index contributed by atoms with van der Waals surface area (Å²) in [6.07, 6.45) is 6.13. The average Bonchev–Trinajstić information content (AvgIpc) is 3.08. The lowest BCUT2D eigenvalue weighted by Crippen LogP contribution is -2.45. The minimum absolute atomic E-state index is 0.0779. The molecule has 2 atom stereocenters. The topological polar surface area (TPSA) is 60.0 Å². The van der Waals surface area contributed by atoms with Crippen LogP contribution in [0.4, 0.5) is 0 Å². The second kappa shape index (κ2) is 10.8. The Kier molecular flexibility index (Phi) is 8.69. The van der Waals surface area contributed by atoms with Crippen LogP contribution >= 0.6 is 0 Å². The molecule has 2 saturated heterocycles. The van der Waals surface area contributed by atoms with E-state index in [1.54, 1.807) is 0 Å². The Morgan fingerprint density at radius 1 is 1.19 bits per heavy atom. The first kappa shape index (κ1) is 21.0. The summed E-state index contributed by atoms with van der Waals surface area (Å²) in [5.41, 5.74) is 0. The number of likely N-dealkylation sites (tertiary alicyclic amines) is 2. The Balaban J connectivity index is 1.59. The SMILES string of the molecule is CN=C(NCCCCN1CCCC(C)C1)NC1CCN(C(=O)C(C)C)C1. The quantitative estimate of drug-likeness (QED) is 0.411. The van der Waals surface area contributed by atoms with E-state index in [1.165, 1.54) is 38.9 Å². The number of carbonyl (C=O) groups is 1. The second-order valence-electron chi connectivity index (χ2n) is 8.32. The van der Waals surface area contributed by atoms with Crippen molar-refractivity contribution in [2.24, 2.45) is 16.8 Å². The van der Waals surface area contributed by atoms with E-state index >= 15 is 0 Å². The van der Waals surface area contributed by atoms with Crippen LogP contribution in [0.5, 0.6) is 0 Å². The molecule has 0 aromatic rings. The van der Waals surface area contributed by atoms with Crippen molar-refractivity contribution in [2.75, 3.05) is 46.3 Å². The molecule has 2 N–H and O–H groups in total. The highest BCUT2D eigenvalue weighted by Crippen LogP contribution is 2.15. The molecule has 0 saturated carbocycles. The fourth-order valence-corrected chi connectivity index (χ4v) is 3.99. The molecule has 0 aliphatic carbocycles. The number of nitrogens with one attached hydrogen (secondary N) is 2. The van der Waals surface area contributed by atoms with Crippen LogP contribution in [0, 0.1) is 11.8 Å². The predicted octanol–water partition coefficient (Wildman–Crippen LogP) is 1.92. The van der Waals surface area contributed by atoms with Gasteiger partial charge in [0.05, 0.1) is 0 Å². The number of piperidine rings is 1. The molecule has 0 bridgehead atoms.